The maximum absolute atomic E-state index is 8.95. The zero-order chi connectivity index (χ0) is 37.7. The van der Waals surface area contributed by atoms with Crippen LogP contribution >= 0.6 is 11.3 Å². The number of fused-ring (bicyclic) bond motifs is 10. The predicted molar refractivity (Wildman–Crippen MR) is 221 cm³/mol. The predicted octanol–water partition coefficient (Wildman–Crippen LogP) is 13.2. The number of benzene rings is 8. The van der Waals surface area contributed by atoms with Gasteiger partial charge in [0, 0.05) is 47.3 Å². The van der Waals surface area contributed by atoms with Crippen LogP contribution in [0.2, 0.25) is 0 Å². The fourth-order valence-electron chi connectivity index (χ4n) is 7.63. The molecule has 3 aromatic heterocycles. The quantitative estimate of drug-likeness (QED) is 0.185. The van der Waals surface area contributed by atoms with Crippen LogP contribution in [0.15, 0.2) is 176 Å². The Hall–Kier alpha value is -6.62. The van der Waals surface area contributed by atoms with Crippen LogP contribution in [0.3, 0.4) is 0 Å². The minimum Gasteiger partial charge on any atom is -0.277 e. The zero-order valence-electron chi connectivity index (χ0n) is 31.7. The molecule has 3 nitrogen and oxygen atoms in total. The first-order chi connectivity index (χ1) is 27.5. The SMILES string of the molecule is [2H]c1c([2H])c(-c2ccc(-c3nc(-n4c5ccccc5c5ccc6ccc7c8ccccc8sc7c6c54)nc4ccccc34)cc2)c([2H])c([2H])c1-c1ccccc1. The highest BCUT2D eigenvalue weighted by Crippen LogP contribution is 2.44. The largest absolute Gasteiger partial charge is 0.277 e. The molecular formula is C48H29N3S. The van der Waals surface area contributed by atoms with Gasteiger partial charge in [0.15, 0.2) is 0 Å². The Balaban J connectivity index is 1.13. The second kappa shape index (κ2) is 11.5. The van der Waals surface area contributed by atoms with Crippen LogP contribution in [-0.2, 0) is 0 Å². The molecule has 11 rings (SSSR count). The first-order valence-electron chi connectivity index (χ1n) is 19.3. The second-order valence-corrected chi connectivity index (χ2v) is 14.1. The average molecular weight is 684 g/mol. The maximum atomic E-state index is 8.95. The maximum Gasteiger partial charge on any atom is 0.235 e. The molecule has 242 valence electrons. The van der Waals surface area contributed by atoms with E-state index in [9.17, 15) is 0 Å². The molecule has 4 heteroatoms. The van der Waals surface area contributed by atoms with E-state index in [1.54, 1.807) is 0 Å². The van der Waals surface area contributed by atoms with Gasteiger partial charge in [-0.1, -0.05) is 158 Å². The lowest BCUT2D eigenvalue weighted by atomic mass is 9.98. The van der Waals surface area contributed by atoms with Gasteiger partial charge in [-0.2, -0.15) is 0 Å². The molecule has 0 amide bonds. The van der Waals surface area contributed by atoms with Crippen LogP contribution in [0.5, 0.6) is 0 Å². The van der Waals surface area contributed by atoms with Gasteiger partial charge in [0.25, 0.3) is 0 Å². The molecule has 0 bridgehead atoms. The summed E-state index contributed by atoms with van der Waals surface area (Å²) in [6, 6.07) is 50.5. The van der Waals surface area contributed by atoms with Crippen LogP contribution in [0, 0.1) is 0 Å². The molecule has 0 saturated heterocycles. The van der Waals surface area contributed by atoms with Gasteiger partial charge in [0.05, 0.1) is 27.7 Å². The van der Waals surface area contributed by atoms with Crippen LogP contribution in [0.4, 0.5) is 0 Å². The van der Waals surface area contributed by atoms with Gasteiger partial charge >= 0.3 is 0 Å². The van der Waals surface area contributed by atoms with Crippen molar-refractivity contribution in [2.45, 2.75) is 0 Å². The molecule has 0 aliphatic carbocycles. The van der Waals surface area contributed by atoms with Gasteiger partial charge in [0.2, 0.25) is 5.95 Å². The van der Waals surface area contributed by atoms with Gasteiger partial charge in [0.1, 0.15) is 0 Å². The van der Waals surface area contributed by atoms with Gasteiger partial charge in [-0.25, -0.2) is 9.97 Å². The van der Waals surface area contributed by atoms with Crippen molar-refractivity contribution in [2.75, 3.05) is 0 Å². The normalized spacial score (nSPS) is 12.9. The fourth-order valence-corrected chi connectivity index (χ4v) is 8.89. The van der Waals surface area contributed by atoms with Crippen LogP contribution in [0.25, 0.3) is 103 Å². The number of nitrogens with zero attached hydrogens (tertiary/aromatic N) is 3. The number of hydrogen-bond donors (Lipinski definition) is 0. The molecule has 0 N–H and O–H groups in total. The highest BCUT2D eigenvalue weighted by atomic mass is 32.1. The lowest BCUT2D eigenvalue weighted by Gasteiger charge is -2.13. The van der Waals surface area contributed by atoms with E-state index in [4.69, 9.17) is 15.5 Å². The van der Waals surface area contributed by atoms with E-state index in [1.807, 2.05) is 90.2 Å². The highest BCUT2D eigenvalue weighted by Gasteiger charge is 2.21. The summed E-state index contributed by atoms with van der Waals surface area (Å²) in [6.45, 7) is 0. The van der Waals surface area contributed by atoms with Crippen LogP contribution < -0.4 is 0 Å². The summed E-state index contributed by atoms with van der Waals surface area (Å²) in [5.74, 6) is 0.565. The molecular weight excluding hydrogens is 651 g/mol. The summed E-state index contributed by atoms with van der Waals surface area (Å²) in [5, 5.41) is 7.99. The van der Waals surface area contributed by atoms with E-state index < -0.39 is 0 Å². The molecule has 0 atom stereocenters. The summed E-state index contributed by atoms with van der Waals surface area (Å²) >= 11 is 1.82. The van der Waals surface area contributed by atoms with Crippen molar-refractivity contribution in [2.24, 2.45) is 0 Å². The number of thiophene rings is 1. The Morgan fingerprint density at radius 2 is 1.08 bits per heavy atom. The van der Waals surface area contributed by atoms with E-state index in [0.717, 1.165) is 49.4 Å². The van der Waals surface area contributed by atoms with Crippen LogP contribution in [0.1, 0.15) is 5.48 Å². The first kappa shape index (κ1) is 25.3. The van der Waals surface area contributed by atoms with Gasteiger partial charge in [-0.3, -0.25) is 4.57 Å². The molecule has 11 aromatic rings. The Kier molecular flexibility index (Phi) is 5.58. The molecule has 0 spiro atoms. The molecule has 0 aliphatic heterocycles. The molecule has 8 aromatic carbocycles. The van der Waals surface area contributed by atoms with E-state index in [0.29, 0.717) is 22.6 Å². The second-order valence-electron chi connectivity index (χ2n) is 13.0. The monoisotopic (exact) mass is 683 g/mol. The van der Waals surface area contributed by atoms with Crippen molar-refractivity contribution in [1.82, 2.24) is 14.5 Å². The third kappa shape index (κ3) is 4.45. The third-order valence-corrected chi connectivity index (χ3v) is 11.3. The molecule has 52 heavy (non-hydrogen) atoms. The zero-order valence-corrected chi connectivity index (χ0v) is 28.5. The van der Waals surface area contributed by atoms with Crippen molar-refractivity contribution in [3.05, 3.63) is 176 Å². The van der Waals surface area contributed by atoms with E-state index in [1.165, 1.54) is 25.6 Å². The van der Waals surface area contributed by atoms with E-state index in [-0.39, 0.29) is 29.7 Å². The fraction of sp³-hybridized carbons (Fsp3) is 0. The van der Waals surface area contributed by atoms with Crippen molar-refractivity contribution >= 4 is 75.0 Å². The lowest BCUT2D eigenvalue weighted by molar-refractivity contribution is 1.02. The highest BCUT2D eigenvalue weighted by molar-refractivity contribution is 7.26. The van der Waals surface area contributed by atoms with Crippen molar-refractivity contribution < 1.29 is 5.48 Å². The summed E-state index contributed by atoms with van der Waals surface area (Å²) in [6.07, 6.45) is 0. The molecule has 0 saturated carbocycles. The van der Waals surface area contributed by atoms with Gasteiger partial charge < -0.3 is 0 Å². The summed E-state index contributed by atoms with van der Waals surface area (Å²) in [5.41, 5.74) is 6.33. The molecule has 0 radical (unpaired) electrons. The number of rotatable bonds is 4. The standard InChI is InChI=1S/C48H29N3S/c1-2-10-30(11-3-1)31-18-20-32(21-19-31)33-22-24-35(25-23-33)45-40-14-4-7-15-41(40)49-48(50-45)51-42-16-8-5-12-36(42)38-28-26-34-27-29-39-37-13-6-9-17-43(37)52-47(39)44(34)46(38)51/h1-29H/i18D,19D,20D,21D. The Bertz CT molecular complexity index is 3370. The molecule has 0 aliphatic rings. The number of hydrogen-bond acceptors (Lipinski definition) is 3. The van der Waals surface area contributed by atoms with Crippen molar-refractivity contribution in [3.63, 3.8) is 0 Å². The molecule has 3 heterocycles. The van der Waals surface area contributed by atoms with Gasteiger partial charge in [-0.15, -0.1) is 11.3 Å². The first-order valence-corrected chi connectivity index (χ1v) is 18.1. The number of para-hydroxylation sites is 2. The van der Waals surface area contributed by atoms with E-state index in [2.05, 4.69) is 77.4 Å². The number of aromatic nitrogens is 3. The Morgan fingerprint density at radius 1 is 0.462 bits per heavy atom. The van der Waals surface area contributed by atoms with Crippen molar-refractivity contribution in [1.29, 1.82) is 0 Å². The molecule has 0 unspecified atom stereocenters. The van der Waals surface area contributed by atoms with Crippen molar-refractivity contribution in [3.8, 4) is 39.5 Å². The third-order valence-electron chi connectivity index (χ3n) is 10.1. The van der Waals surface area contributed by atoms with Crippen LogP contribution in [-0.4, -0.2) is 14.5 Å². The Morgan fingerprint density at radius 3 is 1.87 bits per heavy atom. The Labute approximate surface area is 309 Å². The minimum atomic E-state index is -0.0706. The summed E-state index contributed by atoms with van der Waals surface area (Å²) < 4.78 is 40.3. The minimum absolute atomic E-state index is 0.0608. The van der Waals surface area contributed by atoms with E-state index >= 15 is 0 Å². The van der Waals surface area contributed by atoms with Gasteiger partial charge in [-0.05, 0) is 45.8 Å². The summed E-state index contributed by atoms with van der Waals surface area (Å²) in [4.78, 5) is 10.6. The molecule has 0 fully saturated rings. The average Bonchev–Trinajstić information content (AvgIpc) is 3.79. The lowest BCUT2D eigenvalue weighted by Crippen LogP contribution is -2.03. The smallest absolute Gasteiger partial charge is 0.235 e. The summed E-state index contributed by atoms with van der Waals surface area (Å²) in [7, 11) is 0. The topological polar surface area (TPSA) is 30.7 Å².